The van der Waals surface area contributed by atoms with Crippen molar-refractivity contribution >= 4 is 23.3 Å². The predicted octanol–water partition coefficient (Wildman–Crippen LogP) is 3.04. The van der Waals surface area contributed by atoms with Gasteiger partial charge in [-0.3, -0.25) is 4.79 Å². The van der Waals surface area contributed by atoms with Crippen molar-refractivity contribution < 1.29 is 4.79 Å². The van der Waals surface area contributed by atoms with Gasteiger partial charge in [-0.15, -0.1) is 10.2 Å². The maximum Gasteiger partial charge on any atom is 0.242 e. The van der Waals surface area contributed by atoms with Crippen LogP contribution in [0.25, 0.3) is 11.3 Å². The van der Waals surface area contributed by atoms with Crippen LogP contribution in [0.3, 0.4) is 0 Å². The van der Waals surface area contributed by atoms with Crippen LogP contribution in [0.1, 0.15) is 25.7 Å². The van der Waals surface area contributed by atoms with Gasteiger partial charge in [-0.1, -0.05) is 29.8 Å². The molecular weight excluding hydrogens is 324 g/mol. The predicted molar refractivity (Wildman–Crippen MR) is 94.0 cm³/mol. The summed E-state index contributed by atoms with van der Waals surface area (Å²) in [6.45, 7) is 0.836. The quantitative estimate of drug-likeness (QED) is 0.927. The van der Waals surface area contributed by atoms with E-state index in [0.29, 0.717) is 11.1 Å². The summed E-state index contributed by atoms with van der Waals surface area (Å²) in [4.78, 5) is 14.5. The topological polar surface area (TPSA) is 58.1 Å². The smallest absolute Gasteiger partial charge is 0.242 e. The van der Waals surface area contributed by atoms with Crippen LogP contribution in [0.2, 0.25) is 5.02 Å². The second-order valence-electron chi connectivity index (χ2n) is 6.39. The Morgan fingerprint density at radius 3 is 2.67 bits per heavy atom. The SMILES string of the molecule is O=C(NC1CC1)C1CCCN1c1ccc(-c2ccccc2Cl)nn1. The Labute approximate surface area is 146 Å². The van der Waals surface area contributed by atoms with Crippen molar-refractivity contribution in [3.8, 4) is 11.3 Å². The van der Waals surface area contributed by atoms with Crippen LogP contribution >= 0.6 is 11.6 Å². The third-order valence-electron chi connectivity index (χ3n) is 4.57. The van der Waals surface area contributed by atoms with Crippen molar-refractivity contribution in [2.75, 3.05) is 11.4 Å². The van der Waals surface area contributed by atoms with Gasteiger partial charge in [0.1, 0.15) is 6.04 Å². The van der Waals surface area contributed by atoms with E-state index >= 15 is 0 Å². The number of hydrogen-bond donors (Lipinski definition) is 1. The van der Waals surface area contributed by atoms with E-state index in [1.165, 1.54) is 0 Å². The molecule has 1 saturated carbocycles. The fourth-order valence-electron chi connectivity index (χ4n) is 3.13. The Hall–Kier alpha value is -2.14. The Balaban J connectivity index is 1.53. The van der Waals surface area contributed by atoms with Gasteiger partial charge in [0, 0.05) is 18.2 Å². The van der Waals surface area contributed by atoms with Crippen LogP contribution in [-0.2, 0) is 4.79 Å². The third kappa shape index (κ3) is 3.08. The molecule has 1 unspecified atom stereocenters. The van der Waals surface area contributed by atoms with Crippen molar-refractivity contribution in [1.82, 2.24) is 15.5 Å². The van der Waals surface area contributed by atoms with Gasteiger partial charge < -0.3 is 10.2 Å². The normalized spacial score (nSPS) is 20.2. The van der Waals surface area contributed by atoms with Crippen LogP contribution in [0.4, 0.5) is 5.82 Å². The summed E-state index contributed by atoms with van der Waals surface area (Å²) in [5, 5.41) is 12.4. The van der Waals surface area contributed by atoms with Gasteiger partial charge in [0.2, 0.25) is 5.91 Å². The number of hydrogen-bond acceptors (Lipinski definition) is 4. The number of halogens is 1. The standard InChI is InChI=1S/C18H19ClN4O/c19-14-5-2-1-4-13(14)15-9-10-17(22-21-15)23-11-3-6-16(23)18(24)20-12-7-8-12/h1-2,4-5,9-10,12,16H,3,6-8,11H2,(H,20,24). The molecule has 1 aromatic carbocycles. The summed E-state index contributed by atoms with van der Waals surface area (Å²) < 4.78 is 0. The second kappa shape index (κ2) is 6.40. The molecule has 1 aliphatic heterocycles. The zero-order valence-corrected chi connectivity index (χ0v) is 14.0. The van der Waals surface area contributed by atoms with E-state index in [2.05, 4.69) is 20.4 Å². The van der Waals surface area contributed by atoms with Gasteiger partial charge in [-0.25, -0.2) is 0 Å². The molecule has 1 amide bonds. The van der Waals surface area contributed by atoms with E-state index in [4.69, 9.17) is 11.6 Å². The Kier molecular flexibility index (Phi) is 4.10. The molecule has 1 aliphatic carbocycles. The summed E-state index contributed by atoms with van der Waals surface area (Å²) in [6.07, 6.45) is 4.07. The van der Waals surface area contributed by atoms with Gasteiger partial charge in [0.05, 0.1) is 10.7 Å². The average Bonchev–Trinajstić information content (AvgIpc) is 3.27. The molecule has 124 valence electrons. The fourth-order valence-corrected chi connectivity index (χ4v) is 3.36. The van der Waals surface area contributed by atoms with E-state index < -0.39 is 0 Å². The Morgan fingerprint density at radius 2 is 1.96 bits per heavy atom. The lowest BCUT2D eigenvalue weighted by atomic mass is 10.1. The van der Waals surface area contributed by atoms with E-state index in [9.17, 15) is 4.79 Å². The van der Waals surface area contributed by atoms with Crippen LogP contribution in [0, 0.1) is 0 Å². The molecule has 0 spiro atoms. The first-order chi connectivity index (χ1) is 11.7. The number of carbonyl (C=O) groups is 1. The lowest BCUT2D eigenvalue weighted by Crippen LogP contribution is -2.44. The van der Waals surface area contributed by atoms with E-state index in [-0.39, 0.29) is 11.9 Å². The summed E-state index contributed by atoms with van der Waals surface area (Å²) >= 11 is 6.21. The van der Waals surface area contributed by atoms with Crippen LogP contribution in [0.15, 0.2) is 36.4 Å². The molecule has 5 nitrogen and oxygen atoms in total. The number of nitrogens with one attached hydrogen (secondary N) is 1. The monoisotopic (exact) mass is 342 g/mol. The van der Waals surface area contributed by atoms with Gasteiger partial charge >= 0.3 is 0 Å². The Morgan fingerprint density at radius 1 is 1.12 bits per heavy atom. The van der Waals surface area contributed by atoms with E-state index in [1.807, 2.05) is 36.4 Å². The molecule has 0 bridgehead atoms. The molecule has 0 radical (unpaired) electrons. The lowest BCUT2D eigenvalue weighted by Gasteiger charge is -2.24. The van der Waals surface area contributed by atoms with Crippen molar-refractivity contribution in [1.29, 1.82) is 0 Å². The van der Waals surface area contributed by atoms with Crippen molar-refractivity contribution in [3.05, 3.63) is 41.4 Å². The molecule has 2 aromatic rings. The second-order valence-corrected chi connectivity index (χ2v) is 6.80. The highest BCUT2D eigenvalue weighted by molar-refractivity contribution is 6.33. The number of amides is 1. The zero-order valence-electron chi connectivity index (χ0n) is 13.3. The molecular formula is C18H19ClN4O. The lowest BCUT2D eigenvalue weighted by molar-refractivity contribution is -0.122. The number of nitrogens with zero attached hydrogens (tertiary/aromatic N) is 3. The van der Waals surface area contributed by atoms with Crippen LogP contribution in [-0.4, -0.2) is 34.7 Å². The maximum atomic E-state index is 12.4. The van der Waals surface area contributed by atoms with Crippen molar-refractivity contribution in [3.63, 3.8) is 0 Å². The highest BCUT2D eigenvalue weighted by Gasteiger charge is 2.34. The van der Waals surface area contributed by atoms with Crippen molar-refractivity contribution in [2.24, 2.45) is 0 Å². The number of anilines is 1. The van der Waals surface area contributed by atoms with Crippen LogP contribution < -0.4 is 10.2 Å². The number of benzene rings is 1. The molecule has 1 atom stereocenters. The van der Waals surface area contributed by atoms with Crippen molar-refractivity contribution in [2.45, 2.75) is 37.8 Å². The van der Waals surface area contributed by atoms with Gasteiger partial charge in [0.25, 0.3) is 0 Å². The van der Waals surface area contributed by atoms with Gasteiger partial charge in [0.15, 0.2) is 5.82 Å². The molecule has 2 aliphatic rings. The summed E-state index contributed by atoms with van der Waals surface area (Å²) in [5.41, 5.74) is 1.60. The molecule has 2 heterocycles. The molecule has 1 N–H and O–H groups in total. The van der Waals surface area contributed by atoms with E-state index in [1.54, 1.807) is 0 Å². The minimum atomic E-state index is -0.133. The molecule has 4 rings (SSSR count). The first-order valence-corrected chi connectivity index (χ1v) is 8.76. The highest BCUT2D eigenvalue weighted by atomic mass is 35.5. The van der Waals surface area contributed by atoms with Crippen LogP contribution in [0.5, 0.6) is 0 Å². The minimum Gasteiger partial charge on any atom is -0.352 e. The average molecular weight is 343 g/mol. The fraction of sp³-hybridized carbons (Fsp3) is 0.389. The molecule has 6 heteroatoms. The molecule has 2 fully saturated rings. The highest BCUT2D eigenvalue weighted by Crippen LogP contribution is 2.29. The zero-order chi connectivity index (χ0) is 16.5. The first-order valence-electron chi connectivity index (χ1n) is 8.38. The molecule has 1 aromatic heterocycles. The maximum absolute atomic E-state index is 12.4. The van der Waals surface area contributed by atoms with E-state index in [0.717, 1.165) is 49.3 Å². The van der Waals surface area contributed by atoms with Gasteiger partial charge in [-0.2, -0.15) is 0 Å². The third-order valence-corrected chi connectivity index (χ3v) is 4.90. The number of carbonyl (C=O) groups excluding carboxylic acids is 1. The summed E-state index contributed by atoms with van der Waals surface area (Å²) in [6, 6.07) is 11.7. The molecule has 1 saturated heterocycles. The minimum absolute atomic E-state index is 0.118. The number of aromatic nitrogens is 2. The first kappa shape index (κ1) is 15.4. The summed E-state index contributed by atoms with van der Waals surface area (Å²) in [5.74, 6) is 0.867. The molecule has 24 heavy (non-hydrogen) atoms. The Bertz CT molecular complexity index is 745. The largest absolute Gasteiger partial charge is 0.352 e. The number of rotatable bonds is 4. The summed E-state index contributed by atoms with van der Waals surface area (Å²) in [7, 11) is 0. The van der Waals surface area contributed by atoms with Gasteiger partial charge in [-0.05, 0) is 43.9 Å².